The number of aromatic nitrogens is 1. The molecule has 142 valence electrons. The molecule has 2 rings (SSSR count). The average molecular weight is 481 g/mol. The van der Waals surface area contributed by atoms with E-state index in [1.807, 2.05) is 20.8 Å². The summed E-state index contributed by atoms with van der Waals surface area (Å²) in [6.45, 7) is 8.30. The number of carbonyl (C=O) groups is 1. The Hall–Kier alpha value is -1.10. The summed E-state index contributed by atoms with van der Waals surface area (Å²) in [5.74, 6) is 0.475. The molecule has 0 spiro atoms. The van der Waals surface area contributed by atoms with E-state index in [0.717, 1.165) is 30.0 Å². The molecule has 1 aromatic heterocycles. The lowest BCUT2D eigenvalue weighted by Gasteiger charge is -2.31. The molecule has 1 aliphatic rings. The minimum atomic E-state index is -0.229. The minimum Gasteiger partial charge on any atom is -0.450 e. The molecule has 2 heterocycles. The zero-order valence-electron chi connectivity index (χ0n) is 15.1. The molecule has 0 aliphatic carbocycles. The van der Waals surface area contributed by atoms with Gasteiger partial charge in [-0.1, -0.05) is 0 Å². The van der Waals surface area contributed by atoms with Gasteiger partial charge in [-0.3, -0.25) is 4.99 Å². The number of aryl methyl sites for hydroxylation is 2. The van der Waals surface area contributed by atoms with Crippen LogP contribution in [0.5, 0.6) is 0 Å². The molecule has 0 bridgehead atoms. The van der Waals surface area contributed by atoms with Gasteiger partial charge in [0.2, 0.25) is 0 Å². The van der Waals surface area contributed by atoms with Crippen LogP contribution in [0.15, 0.2) is 4.99 Å². The smallest absolute Gasteiger partial charge is 0.409 e. The first-order valence-corrected chi connectivity index (χ1v) is 9.22. The van der Waals surface area contributed by atoms with Crippen molar-refractivity contribution in [2.45, 2.75) is 46.1 Å². The van der Waals surface area contributed by atoms with Gasteiger partial charge in [0.05, 0.1) is 17.3 Å². The first kappa shape index (κ1) is 21.9. The molecule has 25 heavy (non-hydrogen) atoms. The van der Waals surface area contributed by atoms with Crippen LogP contribution in [0.3, 0.4) is 0 Å². The Morgan fingerprint density at radius 3 is 2.68 bits per heavy atom. The Balaban J connectivity index is 0.00000312. The molecule has 1 aliphatic heterocycles. The molecule has 3 N–H and O–H groups in total. The zero-order valence-corrected chi connectivity index (χ0v) is 18.2. The monoisotopic (exact) mass is 481 g/mol. The van der Waals surface area contributed by atoms with Crippen LogP contribution in [-0.4, -0.2) is 54.2 Å². The van der Waals surface area contributed by atoms with Gasteiger partial charge in [0, 0.05) is 37.0 Å². The van der Waals surface area contributed by atoms with E-state index in [2.05, 4.69) is 15.3 Å². The second-order valence-electron chi connectivity index (χ2n) is 5.86. The second-order valence-corrected chi connectivity index (χ2v) is 7.15. The van der Waals surface area contributed by atoms with Gasteiger partial charge in [-0.15, -0.1) is 35.3 Å². The van der Waals surface area contributed by atoms with Gasteiger partial charge in [-0.25, -0.2) is 9.78 Å². The summed E-state index contributed by atoms with van der Waals surface area (Å²) in [6, 6.07) is 0.256. The van der Waals surface area contributed by atoms with Crippen LogP contribution in [0.25, 0.3) is 0 Å². The van der Waals surface area contributed by atoms with Crippen molar-refractivity contribution in [3.05, 3.63) is 15.6 Å². The van der Waals surface area contributed by atoms with Crippen LogP contribution in [0.4, 0.5) is 4.79 Å². The molecule has 7 nitrogen and oxygen atoms in total. The lowest BCUT2D eigenvalue weighted by atomic mass is 10.1. The van der Waals surface area contributed by atoms with Gasteiger partial charge < -0.3 is 20.7 Å². The third-order valence-electron chi connectivity index (χ3n) is 3.99. The number of aliphatic imine (C=N–C) groups is 1. The van der Waals surface area contributed by atoms with Crippen molar-refractivity contribution < 1.29 is 9.53 Å². The molecular weight excluding hydrogens is 453 g/mol. The Morgan fingerprint density at radius 2 is 2.12 bits per heavy atom. The van der Waals surface area contributed by atoms with Crippen LogP contribution in [0.2, 0.25) is 0 Å². The largest absolute Gasteiger partial charge is 0.450 e. The van der Waals surface area contributed by atoms with Crippen LogP contribution >= 0.6 is 35.3 Å². The molecule has 1 amide bonds. The van der Waals surface area contributed by atoms with Crippen molar-refractivity contribution in [3.8, 4) is 0 Å². The van der Waals surface area contributed by atoms with Crippen molar-refractivity contribution in [1.29, 1.82) is 0 Å². The summed E-state index contributed by atoms with van der Waals surface area (Å²) in [6.07, 6.45) is 2.33. The van der Waals surface area contributed by atoms with Gasteiger partial charge >= 0.3 is 6.09 Å². The van der Waals surface area contributed by atoms with Gasteiger partial charge in [0.1, 0.15) is 0 Å². The Morgan fingerprint density at radius 1 is 1.44 bits per heavy atom. The number of nitrogens with zero attached hydrogens (tertiary/aromatic N) is 3. The Bertz CT molecular complexity index is 585. The highest BCUT2D eigenvalue weighted by Gasteiger charge is 2.23. The quantitative estimate of drug-likeness (QED) is 0.383. The summed E-state index contributed by atoms with van der Waals surface area (Å²) in [5, 5.41) is 4.34. The number of nitrogens with two attached hydrogens (primary N) is 1. The van der Waals surface area contributed by atoms with Crippen LogP contribution in [0.1, 0.15) is 35.3 Å². The molecule has 9 heteroatoms. The molecule has 0 radical (unpaired) electrons. The number of hydrogen-bond acceptors (Lipinski definition) is 5. The normalized spacial score (nSPS) is 15.6. The number of ether oxygens (including phenoxy) is 1. The fourth-order valence-corrected chi connectivity index (χ4v) is 3.69. The number of guanidine groups is 1. The van der Waals surface area contributed by atoms with Gasteiger partial charge in [0.25, 0.3) is 0 Å². The van der Waals surface area contributed by atoms with Crippen molar-refractivity contribution in [1.82, 2.24) is 15.2 Å². The highest BCUT2D eigenvalue weighted by molar-refractivity contribution is 14.0. The van der Waals surface area contributed by atoms with E-state index in [4.69, 9.17) is 10.5 Å². The van der Waals surface area contributed by atoms with Crippen LogP contribution in [-0.2, 0) is 11.2 Å². The standard InChI is InChI=1S/C16H27N5O2S.HI/c1-4-23-16(22)21-9-6-13(7-10-21)20-15(17)18-8-5-14-11(2)19-12(3)24-14;/h13H,4-10H2,1-3H3,(H3,17,18,20);1H. The number of amides is 1. The van der Waals surface area contributed by atoms with E-state index in [-0.39, 0.29) is 36.1 Å². The first-order chi connectivity index (χ1) is 11.5. The van der Waals surface area contributed by atoms with E-state index in [0.29, 0.717) is 32.2 Å². The molecule has 1 fully saturated rings. The number of halogens is 1. The number of piperidine rings is 1. The minimum absolute atomic E-state index is 0. The Labute approximate surface area is 170 Å². The maximum atomic E-state index is 11.7. The molecule has 0 atom stereocenters. The van der Waals surface area contributed by atoms with Crippen molar-refractivity contribution >= 4 is 47.4 Å². The number of hydrogen-bond donors (Lipinski definition) is 2. The van der Waals surface area contributed by atoms with Gasteiger partial charge in [0.15, 0.2) is 5.96 Å². The van der Waals surface area contributed by atoms with Crippen molar-refractivity contribution in [2.75, 3.05) is 26.2 Å². The summed E-state index contributed by atoms with van der Waals surface area (Å²) < 4.78 is 5.02. The van der Waals surface area contributed by atoms with E-state index < -0.39 is 0 Å². The van der Waals surface area contributed by atoms with Gasteiger partial charge in [-0.2, -0.15) is 0 Å². The molecule has 1 aromatic rings. The average Bonchev–Trinajstić information content (AvgIpc) is 2.86. The topological polar surface area (TPSA) is 92.8 Å². The summed E-state index contributed by atoms with van der Waals surface area (Å²) in [5.41, 5.74) is 7.06. The number of likely N-dealkylation sites (tertiary alicyclic amines) is 1. The summed E-state index contributed by atoms with van der Waals surface area (Å²) in [7, 11) is 0. The first-order valence-electron chi connectivity index (χ1n) is 8.40. The molecule has 0 saturated carbocycles. The molecule has 0 aromatic carbocycles. The maximum Gasteiger partial charge on any atom is 0.409 e. The van der Waals surface area contributed by atoms with E-state index in [9.17, 15) is 4.79 Å². The number of thiazole rings is 1. The maximum absolute atomic E-state index is 11.7. The number of carbonyl (C=O) groups excluding carboxylic acids is 1. The van der Waals surface area contributed by atoms with Crippen molar-refractivity contribution in [2.24, 2.45) is 10.7 Å². The molecular formula is C16H28IN5O2S. The third kappa shape index (κ3) is 6.96. The summed E-state index contributed by atoms with van der Waals surface area (Å²) in [4.78, 5) is 23.5. The Kier molecular flexibility index (Phi) is 9.47. The lowest BCUT2D eigenvalue weighted by molar-refractivity contribution is 0.0963. The highest BCUT2D eigenvalue weighted by Crippen LogP contribution is 2.17. The molecule has 1 saturated heterocycles. The van der Waals surface area contributed by atoms with E-state index >= 15 is 0 Å². The third-order valence-corrected chi connectivity index (χ3v) is 5.13. The predicted octanol–water partition coefficient (Wildman–Crippen LogP) is 2.45. The number of rotatable bonds is 5. The van der Waals surface area contributed by atoms with Crippen LogP contribution < -0.4 is 11.1 Å². The van der Waals surface area contributed by atoms with Gasteiger partial charge in [-0.05, 0) is 33.6 Å². The van der Waals surface area contributed by atoms with Crippen molar-refractivity contribution in [3.63, 3.8) is 0 Å². The fourth-order valence-electron chi connectivity index (χ4n) is 2.76. The zero-order chi connectivity index (χ0) is 17.5. The van der Waals surface area contributed by atoms with Crippen LogP contribution in [0, 0.1) is 13.8 Å². The summed E-state index contributed by atoms with van der Waals surface area (Å²) >= 11 is 1.72. The van der Waals surface area contributed by atoms with E-state index in [1.54, 1.807) is 16.2 Å². The predicted molar refractivity (Wildman–Crippen MR) is 112 cm³/mol. The second kappa shape index (κ2) is 10.8. The lowest BCUT2D eigenvalue weighted by Crippen LogP contribution is -2.48. The molecule has 0 unspecified atom stereocenters. The fraction of sp³-hybridized carbons (Fsp3) is 0.688. The van der Waals surface area contributed by atoms with E-state index in [1.165, 1.54) is 4.88 Å². The SMILES string of the molecule is CCOC(=O)N1CCC(NC(N)=NCCc2sc(C)nc2C)CC1.I. The highest BCUT2D eigenvalue weighted by atomic mass is 127. The number of nitrogens with one attached hydrogen (secondary N) is 1.